The number of rotatable bonds is 2. The first-order valence-electron chi connectivity index (χ1n) is 6.08. The standard InChI is InChI=1S/C13H12F3NO2/c14-9-3-1-8(2-4-9)11-5-6-19-17(11)12(18)10-7-13(10,15)16/h1-4,10-11H,5-7H2/t10-,11-/m0/s1. The van der Waals surface area contributed by atoms with Gasteiger partial charge < -0.3 is 0 Å². The van der Waals surface area contributed by atoms with Crippen LogP contribution in [0.25, 0.3) is 0 Å². The molecule has 0 radical (unpaired) electrons. The van der Waals surface area contributed by atoms with Crippen LogP contribution in [0.5, 0.6) is 0 Å². The van der Waals surface area contributed by atoms with E-state index in [0.717, 1.165) is 5.06 Å². The van der Waals surface area contributed by atoms with E-state index in [-0.39, 0.29) is 5.82 Å². The predicted octanol–water partition coefficient (Wildman–Crippen LogP) is 2.69. The van der Waals surface area contributed by atoms with Crippen molar-refractivity contribution >= 4 is 5.91 Å². The summed E-state index contributed by atoms with van der Waals surface area (Å²) in [5.41, 5.74) is 0.691. The van der Waals surface area contributed by atoms with Crippen molar-refractivity contribution in [2.45, 2.75) is 24.8 Å². The lowest BCUT2D eigenvalue weighted by atomic mass is 10.0. The molecule has 6 heteroatoms. The Labute approximate surface area is 107 Å². The Bertz CT molecular complexity index is 503. The van der Waals surface area contributed by atoms with Crippen LogP contribution in [0.4, 0.5) is 13.2 Å². The van der Waals surface area contributed by atoms with Crippen molar-refractivity contribution in [1.29, 1.82) is 0 Å². The lowest BCUT2D eigenvalue weighted by Gasteiger charge is -2.22. The number of hydroxylamine groups is 2. The number of alkyl halides is 2. The molecule has 3 nitrogen and oxygen atoms in total. The highest BCUT2D eigenvalue weighted by molar-refractivity contribution is 5.82. The second kappa shape index (κ2) is 4.23. The van der Waals surface area contributed by atoms with Crippen LogP contribution in [0.2, 0.25) is 0 Å². The Morgan fingerprint density at radius 1 is 1.32 bits per heavy atom. The summed E-state index contributed by atoms with van der Waals surface area (Å²) >= 11 is 0. The van der Waals surface area contributed by atoms with Gasteiger partial charge in [0.2, 0.25) is 0 Å². The summed E-state index contributed by atoms with van der Waals surface area (Å²) in [7, 11) is 0. The molecular weight excluding hydrogens is 259 g/mol. The van der Waals surface area contributed by atoms with E-state index in [1.807, 2.05) is 0 Å². The minimum Gasteiger partial charge on any atom is -0.272 e. The van der Waals surface area contributed by atoms with Gasteiger partial charge in [0.1, 0.15) is 11.7 Å². The van der Waals surface area contributed by atoms with E-state index in [4.69, 9.17) is 4.84 Å². The number of hydrogen-bond acceptors (Lipinski definition) is 2. The third kappa shape index (κ3) is 2.20. The second-order valence-corrected chi connectivity index (χ2v) is 4.87. The molecule has 2 aliphatic rings. The fourth-order valence-corrected chi connectivity index (χ4v) is 2.31. The molecule has 0 aromatic heterocycles. The molecule has 1 saturated carbocycles. The molecule has 1 aliphatic heterocycles. The van der Waals surface area contributed by atoms with Crippen LogP contribution < -0.4 is 0 Å². The molecule has 0 bridgehead atoms. The third-order valence-electron chi connectivity index (χ3n) is 3.50. The van der Waals surface area contributed by atoms with E-state index in [1.165, 1.54) is 12.1 Å². The summed E-state index contributed by atoms with van der Waals surface area (Å²) in [6.07, 6.45) is 0.109. The number of nitrogens with zero attached hydrogens (tertiary/aromatic N) is 1. The molecule has 19 heavy (non-hydrogen) atoms. The van der Waals surface area contributed by atoms with Crippen molar-refractivity contribution in [3.05, 3.63) is 35.6 Å². The second-order valence-electron chi connectivity index (χ2n) is 4.87. The number of hydrogen-bond donors (Lipinski definition) is 0. The molecule has 1 saturated heterocycles. The maximum atomic E-state index is 12.9. The summed E-state index contributed by atoms with van der Waals surface area (Å²) in [5, 5.41) is 1.03. The van der Waals surface area contributed by atoms with E-state index >= 15 is 0 Å². The average Bonchev–Trinajstić information content (AvgIpc) is 2.81. The lowest BCUT2D eigenvalue weighted by molar-refractivity contribution is -0.180. The van der Waals surface area contributed by atoms with Crippen molar-refractivity contribution in [2.24, 2.45) is 5.92 Å². The number of carbonyl (C=O) groups is 1. The normalized spacial score (nSPS) is 28.5. The van der Waals surface area contributed by atoms with Gasteiger partial charge in [-0.1, -0.05) is 12.1 Å². The molecule has 1 heterocycles. The maximum Gasteiger partial charge on any atom is 0.260 e. The van der Waals surface area contributed by atoms with Gasteiger partial charge in [-0.25, -0.2) is 18.2 Å². The highest BCUT2D eigenvalue weighted by Crippen LogP contribution is 2.51. The predicted molar refractivity (Wildman–Crippen MR) is 59.6 cm³/mol. The molecule has 1 amide bonds. The Morgan fingerprint density at radius 3 is 2.53 bits per heavy atom. The summed E-state index contributed by atoms with van der Waals surface area (Å²) in [6, 6.07) is 5.23. The van der Waals surface area contributed by atoms with Crippen molar-refractivity contribution in [2.75, 3.05) is 6.61 Å². The van der Waals surface area contributed by atoms with Crippen LogP contribution in [0.1, 0.15) is 24.4 Å². The monoisotopic (exact) mass is 271 g/mol. The Balaban J connectivity index is 1.78. The zero-order valence-electron chi connectivity index (χ0n) is 9.98. The molecule has 3 rings (SSSR count). The summed E-state index contributed by atoms with van der Waals surface area (Å²) in [5.74, 6) is -5.24. The van der Waals surface area contributed by atoms with Gasteiger partial charge in [0.05, 0.1) is 12.6 Å². The van der Waals surface area contributed by atoms with E-state index in [1.54, 1.807) is 12.1 Å². The zero-order chi connectivity index (χ0) is 13.6. The van der Waals surface area contributed by atoms with Crippen molar-refractivity contribution in [1.82, 2.24) is 5.06 Å². The summed E-state index contributed by atoms with van der Waals surface area (Å²) in [4.78, 5) is 17.1. The van der Waals surface area contributed by atoms with Crippen LogP contribution in [0.15, 0.2) is 24.3 Å². The number of benzene rings is 1. The van der Waals surface area contributed by atoms with Gasteiger partial charge in [-0.05, 0) is 17.7 Å². The zero-order valence-corrected chi connectivity index (χ0v) is 9.98. The van der Waals surface area contributed by atoms with Crippen molar-refractivity contribution in [3.8, 4) is 0 Å². The molecule has 0 N–H and O–H groups in total. The fraction of sp³-hybridized carbons (Fsp3) is 0.462. The van der Waals surface area contributed by atoms with E-state index < -0.39 is 30.2 Å². The highest BCUT2D eigenvalue weighted by atomic mass is 19.3. The molecule has 1 aromatic carbocycles. The Kier molecular flexibility index (Phi) is 2.78. The molecule has 1 aromatic rings. The molecule has 0 unspecified atom stereocenters. The van der Waals surface area contributed by atoms with Gasteiger partial charge in [0.25, 0.3) is 11.8 Å². The van der Waals surface area contributed by atoms with Gasteiger partial charge in [-0.3, -0.25) is 9.63 Å². The molecule has 2 atom stereocenters. The average molecular weight is 271 g/mol. The van der Waals surface area contributed by atoms with Crippen LogP contribution >= 0.6 is 0 Å². The number of halogens is 3. The first kappa shape index (κ1) is 12.5. The molecule has 1 aliphatic carbocycles. The number of amides is 1. The first-order chi connectivity index (χ1) is 8.99. The Morgan fingerprint density at radius 2 is 1.95 bits per heavy atom. The van der Waals surface area contributed by atoms with Gasteiger partial charge in [0, 0.05) is 12.8 Å². The smallest absolute Gasteiger partial charge is 0.260 e. The molecular formula is C13H12F3NO2. The highest BCUT2D eigenvalue weighted by Gasteiger charge is 2.63. The van der Waals surface area contributed by atoms with Crippen LogP contribution in [0, 0.1) is 11.7 Å². The van der Waals surface area contributed by atoms with Crippen molar-refractivity contribution < 1.29 is 22.8 Å². The van der Waals surface area contributed by atoms with Crippen LogP contribution in [0.3, 0.4) is 0 Å². The Hall–Kier alpha value is -1.56. The van der Waals surface area contributed by atoms with E-state index in [9.17, 15) is 18.0 Å². The molecule has 0 spiro atoms. The van der Waals surface area contributed by atoms with Crippen LogP contribution in [-0.4, -0.2) is 23.5 Å². The molecule has 102 valence electrons. The van der Waals surface area contributed by atoms with Gasteiger partial charge >= 0.3 is 0 Å². The van der Waals surface area contributed by atoms with Gasteiger partial charge in [-0.15, -0.1) is 0 Å². The largest absolute Gasteiger partial charge is 0.272 e. The van der Waals surface area contributed by atoms with Crippen molar-refractivity contribution in [3.63, 3.8) is 0 Å². The van der Waals surface area contributed by atoms with E-state index in [0.29, 0.717) is 18.6 Å². The van der Waals surface area contributed by atoms with E-state index in [2.05, 4.69) is 0 Å². The fourth-order valence-electron chi connectivity index (χ4n) is 2.31. The van der Waals surface area contributed by atoms with Gasteiger partial charge in [0.15, 0.2) is 0 Å². The third-order valence-corrected chi connectivity index (χ3v) is 3.50. The van der Waals surface area contributed by atoms with Crippen LogP contribution in [-0.2, 0) is 9.63 Å². The number of carbonyl (C=O) groups excluding carboxylic acids is 1. The summed E-state index contributed by atoms with van der Waals surface area (Å²) < 4.78 is 38.7. The molecule has 2 fully saturated rings. The maximum absolute atomic E-state index is 12.9. The minimum atomic E-state index is -2.91. The first-order valence-corrected chi connectivity index (χ1v) is 6.08. The SMILES string of the molecule is O=C([C@@H]1CC1(F)F)N1OCC[C@H]1c1ccc(F)cc1. The topological polar surface area (TPSA) is 29.5 Å². The quantitative estimate of drug-likeness (QED) is 0.827. The van der Waals surface area contributed by atoms with Gasteiger partial charge in [-0.2, -0.15) is 0 Å². The minimum absolute atomic E-state index is 0.298. The summed E-state index contributed by atoms with van der Waals surface area (Å²) in [6.45, 7) is 0.298. The lowest BCUT2D eigenvalue weighted by Crippen LogP contribution is -2.32.